The number of hydrogen-bond acceptors (Lipinski definition) is 8. The third kappa shape index (κ3) is 6.30. The lowest BCUT2D eigenvalue weighted by atomic mass is 9.96. The Hall–Kier alpha value is -4.26. The Bertz CT molecular complexity index is 1220. The summed E-state index contributed by atoms with van der Waals surface area (Å²) in [6.07, 6.45) is 9.04. The average Bonchev–Trinajstić information content (AvgIpc) is 3.09. The second kappa shape index (κ2) is 11.6. The third-order valence-electron chi connectivity index (χ3n) is 6.39. The Morgan fingerprint density at radius 1 is 1.05 bits per heavy atom. The summed E-state index contributed by atoms with van der Waals surface area (Å²) in [5.41, 5.74) is 12.5. The number of allylic oxidation sites excluding steroid dienone is 3. The molecule has 2 heterocycles. The number of benzene rings is 1. The number of nitrogens with one attached hydrogen (secondary N) is 1. The minimum atomic E-state index is -0.992. The maximum Gasteiger partial charge on any atom is 0.262 e. The van der Waals surface area contributed by atoms with E-state index in [0.29, 0.717) is 30.4 Å². The van der Waals surface area contributed by atoms with E-state index in [1.807, 2.05) is 0 Å². The van der Waals surface area contributed by atoms with Crippen molar-refractivity contribution in [3.8, 4) is 17.6 Å². The van der Waals surface area contributed by atoms with Gasteiger partial charge in [0.15, 0.2) is 5.88 Å². The fourth-order valence-corrected chi connectivity index (χ4v) is 4.14. The predicted octanol–water partition coefficient (Wildman–Crippen LogP) is 1.85. The van der Waals surface area contributed by atoms with Gasteiger partial charge in [-0.15, -0.1) is 0 Å². The van der Waals surface area contributed by atoms with Crippen LogP contribution in [0.2, 0.25) is 0 Å². The molecule has 1 aliphatic carbocycles. The molecule has 194 valence electrons. The molecular formula is C27H30N4O6. The van der Waals surface area contributed by atoms with Crippen molar-refractivity contribution in [3.63, 3.8) is 0 Å². The summed E-state index contributed by atoms with van der Waals surface area (Å²) in [6, 6.07) is 3.67. The van der Waals surface area contributed by atoms with Crippen molar-refractivity contribution >= 4 is 23.6 Å². The van der Waals surface area contributed by atoms with Gasteiger partial charge in [-0.25, -0.2) is 0 Å². The van der Waals surface area contributed by atoms with Crippen LogP contribution in [0.4, 0.5) is 0 Å². The first-order valence-corrected chi connectivity index (χ1v) is 12.4. The van der Waals surface area contributed by atoms with E-state index in [0.717, 1.165) is 30.6 Å². The molecule has 1 saturated heterocycles. The van der Waals surface area contributed by atoms with Crippen LogP contribution in [-0.2, 0) is 14.3 Å². The van der Waals surface area contributed by atoms with E-state index >= 15 is 0 Å². The number of carbonyl (C=O) groups is 4. The van der Waals surface area contributed by atoms with Gasteiger partial charge in [-0.05, 0) is 68.7 Å². The van der Waals surface area contributed by atoms with Crippen molar-refractivity contribution in [2.24, 2.45) is 11.5 Å². The molecule has 1 unspecified atom stereocenters. The van der Waals surface area contributed by atoms with Gasteiger partial charge in [0, 0.05) is 18.9 Å². The molecule has 5 N–H and O–H groups in total. The molecule has 10 heteroatoms. The number of piperidine rings is 1. The van der Waals surface area contributed by atoms with Gasteiger partial charge >= 0.3 is 0 Å². The van der Waals surface area contributed by atoms with Crippen LogP contribution in [0.15, 0.2) is 41.9 Å². The van der Waals surface area contributed by atoms with Gasteiger partial charge in [0.2, 0.25) is 11.8 Å². The van der Waals surface area contributed by atoms with E-state index in [-0.39, 0.29) is 30.1 Å². The van der Waals surface area contributed by atoms with Crippen molar-refractivity contribution < 1.29 is 28.7 Å². The number of rotatable bonds is 9. The molecule has 4 amide bonds. The predicted molar refractivity (Wildman–Crippen MR) is 134 cm³/mol. The Morgan fingerprint density at radius 2 is 1.84 bits per heavy atom. The maximum atomic E-state index is 12.9. The molecule has 3 aliphatic rings. The van der Waals surface area contributed by atoms with Crippen LogP contribution in [0.5, 0.6) is 5.75 Å². The fourth-order valence-electron chi connectivity index (χ4n) is 4.14. The number of fused-ring (bicyclic) bond motifs is 1. The number of unbranched alkanes of at least 4 members (excludes halogenated alkanes) is 2. The SMILES string of the molecule is N/C(C#CCCCCOc1ccc2c(c1)C(=O)N(C1CCC(=O)NC1=O)C2=O)=C\C=C(/N)OC1CCC1. The number of nitrogens with two attached hydrogens (primary N) is 2. The zero-order chi connectivity index (χ0) is 26.4. The molecule has 1 atom stereocenters. The van der Waals surface area contributed by atoms with Crippen LogP contribution in [0.3, 0.4) is 0 Å². The quantitative estimate of drug-likeness (QED) is 0.151. The number of imide groups is 2. The highest BCUT2D eigenvalue weighted by Gasteiger charge is 2.44. The number of ether oxygens (including phenoxy) is 2. The summed E-state index contributed by atoms with van der Waals surface area (Å²) in [5, 5.41) is 2.18. The van der Waals surface area contributed by atoms with Crippen molar-refractivity contribution in [3.05, 3.63) is 53.1 Å². The molecule has 0 radical (unpaired) electrons. The van der Waals surface area contributed by atoms with E-state index in [9.17, 15) is 19.2 Å². The first-order valence-electron chi connectivity index (χ1n) is 12.4. The Morgan fingerprint density at radius 3 is 2.57 bits per heavy atom. The summed E-state index contributed by atoms with van der Waals surface area (Å²) in [5.74, 6) is 4.52. The fraction of sp³-hybridized carbons (Fsp3) is 0.407. The summed E-state index contributed by atoms with van der Waals surface area (Å²) >= 11 is 0. The molecule has 2 fully saturated rings. The van der Waals surface area contributed by atoms with Gasteiger partial charge in [0.1, 0.15) is 17.9 Å². The summed E-state index contributed by atoms with van der Waals surface area (Å²) in [4.78, 5) is 50.1. The Kier molecular flexibility index (Phi) is 8.13. The molecule has 0 bridgehead atoms. The molecule has 10 nitrogen and oxygen atoms in total. The Labute approximate surface area is 215 Å². The van der Waals surface area contributed by atoms with Crippen molar-refractivity contribution in [1.82, 2.24) is 10.2 Å². The standard InChI is InChI=1S/C27H30N4O6/c28-17(9-13-23(29)37-18-7-5-8-18)6-3-1-2-4-15-36-19-10-11-20-21(16-19)27(35)31(26(20)34)22-12-14-24(32)30-25(22)33/h9-11,13,16,18,22H,1-2,4-5,7-8,12,14-15,28-29H2,(H,30,32,33)/b17-9-,23-13+. The van der Waals surface area contributed by atoms with Gasteiger partial charge < -0.3 is 20.9 Å². The highest BCUT2D eigenvalue weighted by molar-refractivity contribution is 6.23. The zero-order valence-corrected chi connectivity index (χ0v) is 20.5. The van der Waals surface area contributed by atoms with E-state index in [1.165, 1.54) is 18.6 Å². The molecule has 2 aliphatic heterocycles. The van der Waals surface area contributed by atoms with Gasteiger partial charge in [0.25, 0.3) is 11.8 Å². The van der Waals surface area contributed by atoms with Crippen LogP contribution in [0, 0.1) is 11.8 Å². The minimum absolute atomic E-state index is 0.0758. The molecule has 1 aromatic rings. The molecule has 1 aromatic carbocycles. The van der Waals surface area contributed by atoms with Crippen LogP contribution in [0.1, 0.15) is 72.1 Å². The van der Waals surface area contributed by atoms with Crippen molar-refractivity contribution in [2.75, 3.05) is 6.61 Å². The normalized spacial score (nSPS) is 20.1. The van der Waals surface area contributed by atoms with E-state index in [2.05, 4.69) is 17.2 Å². The minimum Gasteiger partial charge on any atom is -0.494 e. The van der Waals surface area contributed by atoms with Crippen LogP contribution in [0.25, 0.3) is 0 Å². The third-order valence-corrected chi connectivity index (χ3v) is 6.39. The molecule has 4 rings (SSSR count). The summed E-state index contributed by atoms with van der Waals surface area (Å²) in [6.45, 7) is 0.405. The first kappa shape index (κ1) is 25.8. The highest BCUT2D eigenvalue weighted by atomic mass is 16.5. The van der Waals surface area contributed by atoms with Gasteiger partial charge in [-0.2, -0.15) is 0 Å². The molecule has 1 saturated carbocycles. The number of carbonyl (C=O) groups excluding carboxylic acids is 4. The van der Waals surface area contributed by atoms with E-state index in [1.54, 1.807) is 18.2 Å². The van der Waals surface area contributed by atoms with E-state index < -0.39 is 29.7 Å². The van der Waals surface area contributed by atoms with Crippen LogP contribution >= 0.6 is 0 Å². The molecule has 37 heavy (non-hydrogen) atoms. The van der Waals surface area contributed by atoms with Crippen molar-refractivity contribution in [1.29, 1.82) is 0 Å². The smallest absolute Gasteiger partial charge is 0.262 e. The number of hydrogen-bond donors (Lipinski definition) is 3. The van der Waals surface area contributed by atoms with Crippen LogP contribution < -0.4 is 21.5 Å². The average molecular weight is 507 g/mol. The largest absolute Gasteiger partial charge is 0.494 e. The first-order chi connectivity index (χ1) is 17.8. The van der Waals surface area contributed by atoms with Gasteiger partial charge in [-0.1, -0.05) is 5.92 Å². The maximum absolute atomic E-state index is 12.9. The lowest BCUT2D eigenvalue weighted by Crippen LogP contribution is -2.54. The van der Waals surface area contributed by atoms with Crippen LogP contribution in [-0.4, -0.2) is 47.3 Å². The number of amides is 4. The molecular weight excluding hydrogens is 476 g/mol. The molecule has 0 aromatic heterocycles. The van der Waals surface area contributed by atoms with E-state index in [4.69, 9.17) is 20.9 Å². The Balaban J connectivity index is 1.21. The monoisotopic (exact) mass is 506 g/mol. The lowest BCUT2D eigenvalue weighted by molar-refractivity contribution is -0.136. The van der Waals surface area contributed by atoms with Gasteiger partial charge in [0.05, 0.1) is 23.4 Å². The topological polar surface area (TPSA) is 154 Å². The summed E-state index contributed by atoms with van der Waals surface area (Å²) < 4.78 is 11.3. The lowest BCUT2D eigenvalue weighted by Gasteiger charge is -2.27. The van der Waals surface area contributed by atoms with Crippen molar-refractivity contribution in [2.45, 2.75) is 63.5 Å². The highest BCUT2D eigenvalue weighted by Crippen LogP contribution is 2.30. The second-order valence-electron chi connectivity index (χ2n) is 9.12. The summed E-state index contributed by atoms with van der Waals surface area (Å²) in [7, 11) is 0. The zero-order valence-electron chi connectivity index (χ0n) is 20.5. The number of nitrogens with zero attached hydrogens (tertiary/aromatic N) is 1. The van der Waals surface area contributed by atoms with Gasteiger partial charge in [-0.3, -0.25) is 29.4 Å². The molecule has 0 spiro atoms. The second-order valence-corrected chi connectivity index (χ2v) is 9.12.